The third-order valence-electron chi connectivity index (χ3n) is 4.18. The van der Waals surface area contributed by atoms with E-state index in [0.717, 1.165) is 37.2 Å². The molecule has 3 rings (SSSR count). The number of hydrogen-bond acceptors (Lipinski definition) is 6. The number of benzene rings is 1. The fourth-order valence-electron chi connectivity index (χ4n) is 2.77. The van der Waals surface area contributed by atoms with Gasteiger partial charge in [0.25, 0.3) is 5.89 Å². The molecule has 118 valence electrons. The van der Waals surface area contributed by atoms with E-state index in [-0.39, 0.29) is 0 Å². The summed E-state index contributed by atoms with van der Waals surface area (Å²) < 4.78 is 16.3. The molecule has 1 aromatic carbocycles. The molecule has 0 spiro atoms. The standard InChI is InChI=1S/C16H21N3O3/c1-20-13-5-3-12(4-6-13)11-14-18-15(22-19-14)16(21-2)7-9-17-10-8-16/h3-6,17H,7-11H2,1-2H3. The van der Waals surface area contributed by atoms with E-state index in [2.05, 4.69) is 15.5 Å². The van der Waals surface area contributed by atoms with Gasteiger partial charge in [0.05, 0.1) is 7.11 Å². The number of methoxy groups -OCH3 is 2. The Morgan fingerprint density at radius 2 is 1.91 bits per heavy atom. The maximum Gasteiger partial charge on any atom is 0.258 e. The van der Waals surface area contributed by atoms with Gasteiger partial charge in [-0.05, 0) is 43.6 Å². The van der Waals surface area contributed by atoms with Crippen LogP contribution in [0.1, 0.15) is 30.1 Å². The third kappa shape index (κ3) is 2.98. The second kappa shape index (κ2) is 6.46. The van der Waals surface area contributed by atoms with Crippen molar-refractivity contribution in [2.24, 2.45) is 0 Å². The van der Waals surface area contributed by atoms with Gasteiger partial charge in [0.1, 0.15) is 11.4 Å². The van der Waals surface area contributed by atoms with Gasteiger partial charge in [0, 0.05) is 13.5 Å². The summed E-state index contributed by atoms with van der Waals surface area (Å²) in [5.41, 5.74) is 0.668. The molecular formula is C16H21N3O3. The van der Waals surface area contributed by atoms with E-state index in [1.54, 1.807) is 14.2 Å². The SMILES string of the molecule is COc1ccc(Cc2noc(C3(OC)CCNCC3)n2)cc1. The van der Waals surface area contributed by atoms with Crippen LogP contribution in [0.15, 0.2) is 28.8 Å². The summed E-state index contributed by atoms with van der Waals surface area (Å²) in [6.45, 7) is 1.79. The molecule has 1 N–H and O–H groups in total. The maximum atomic E-state index is 5.71. The lowest BCUT2D eigenvalue weighted by Gasteiger charge is -2.32. The first-order valence-corrected chi connectivity index (χ1v) is 7.47. The van der Waals surface area contributed by atoms with Gasteiger partial charge in [-0.3, -0.25) is 0 Å². The predicted octanol–water partition coefficient (Wildman–Crippen LogP) is 1.89. The van der Waals surface area contributed by atoms with Crippen molar-refractivity contribution in [2.45, 2.75) is 24.9 Å². The summed E-state index contributed by atoms with van der Waals surface area (Å²) in [5.74, 6) is 2.10. The molecule has 1 aliphatic heterocycles. The minimum Gasteiger partial charge on any atom is -0.497 e. The summed E-state index contributed by atoms with van der Waals surface area (Å²) in [6.07, 6.45) is 2.31. The monoisotopic (exact) mass is 303 g/mol. The van der Waals surface area contributed by atoms with Crippen LogP contribution in [-0.4, -0.2) is 37.4 Å². The second-order valence-corrected chi connectivity index (χ2v) is 5.49. The van der Waals surface area contributed by atoms with Crippen LogP contribution in [-0.2, 0) is 16.8 Å². The van der Waals surface area contributed by atoms with Crippen LogP contribution in [0, 0.1) is 0 Å². The van der Waals surface area contributed by atoms with Crippen molar-refractivity contribution in [3.05, 3.63) is 41.5 Å². The van der Waals surface area contributed by atoms with Gasteiger partial charge < -0.3 is 19.3 Å². The Morgan fingerprint density at radius 1 is 1.18 bits per heavy atom. The zero-order chi connectivity index (χ0) is 15.4. The van der Waals surface area contributed by atoms with Crippen LogP contribution in [0.3, 0.4) is 0 Å². The molecule has 1 aromatic heterocycles. The summed E-state index contributed by atoms with van der Waals surface area (Å²) in [6, 6.07) is 7.87. The first kappa shape index (κ1) is 15.0. The van der Waals surface area contributed by atoms with Crippen LogP contribution in [0.4, 0.5) is 0 Å². The molecule has 0 aliphatic carbocycles. The van der Waals surface area contributed by atoms with Crippen LogP contribution in [0.2, 0.25) is 0 Å². The smallest absolute Gasteiger partial charge is 0.258 e. The van der Waals surface area contributed by atoms with Gasteiger partial charge in [0.2, 0.25) is 0 Å². The Hall–Kier alpha value is -1.92. The molecule has 6 nitrogen and oxygen atoms in total. The average molecular weight is 303 g/mol. The Kier molecular flexibility index (Phi) is 4.40. The van der Waals surface area contributed by atoms with E-state index >= 15 is 0 Å². The van der Waals surface area contributed by atoms with Gasteiger partial charge in [-0.1, -0.05) is 17.3 Å². The van der Waals surface area contributed by atoms with Crippen LogP contribution in [0.5, 0.6) is 5.75 Å². The lowest BCUT2D eigenvalue weighted by Crippen LogP contribution is -2.41. The molecule has 2 heterocycles. The number of rotatable bonds is 5. The van der Waals surface area contributed by atoms with E-state index in [4.69, 9.17) is 14.0 Å². The summed E-state index contributed by atoms with van der Waals surface area (Å²) in [5, 5.41) is 7.42. The summed E-state index contributed by atoms with van der Waals surface area (Å²) in [7, 11) is 3.36. The number of nitrogens with zero attached hydrogens (tertiary/aromatic N) is 2. The molecule has 1 fully saturated rings. The lowest BCUT2D eigenvalue weighted by atomic mass is 9.92. The number of piperidine rings is 1. The summed E-state index contributed by atoms with van der Waals surface area (Å²) >= 11 is 0. The van der Waals surface area contributed by atoms with E-state index < -0.39 is 5.60 Å². The molecule has 22 heavy (non-hydrogen) atoms. The molecule has 0 radical (unpaired) electrons. The van der Waals surface area contributed by atoms with E-state index in [1.165, 1.54) is 0 Å². The molecule has 0 saturated carbocycles. The highest BCUT2D eigenvalue weighted by atomic mass is 16.5. The molecule has 0 bridgehead atoms. The normalized spacial score (nSPS) is 17.4. The van der Waals surface area contributed by atoms with Gasteiger partial charge in [-0.15, -0.1) is 0 Å². The molecule has 1 saturated heterocycles. The van der Waals surface area contributed by atoms with Gasteiger partial charge in [-0.25, -0.2) is 0 Å². The van der Waals surface area contributed by atoms with Gasteiger partial charge in [0.15, 0.2) is 5.82 Å². The highest BCUT2D eigenvalue weighted by Crippen LogP contribution is 2.33. The fraction of sp³-hybridized carbons (Fsp3) is 0.500. The fourth-order valence-corrected chi connectivity index (χ4v) is 2.77. The predicted molar refractivity (Wildman–Crippen MR) is 80.9 cm³/mol. The molecule has 1 aliphatic rings. The first-order valence-electron chi connectivity index (χ1n) is 7.47. The van der Waals surface area contributed by atoms with E-state index in [0.29, 0.717) is 18.1 Å². The van der Waals surface area contributed by atoms with E-state index in [1.807, 2.05) is 24.3 Å². The Labute approximate surface area is 129 Å². The maximum absolute atomic E-state index is 5.71. The average Bonchev–Trinajstić information content (AvgIpc) is 3.05. The lowest BCUT2D eigenvalue weighted by molar-refractivity contribution is -0.0622. The summed E-state index contributed by atoms with van der Waals surface area (Å²) in [4.78, 5) is 4.55. The zero-order valence-electron chi connectivity index (χ0n) is 13.0. The van der Waals surface area contributed by atoms with Crippen LogP contribution < -0.4 is 10.1 Å². The second-order valence-electron chi connectivity index (χ2n) is 5.49. The van der Waals surface area contributed by atoms with Crippen LogP contribution in [0.25, 0.3) is 0 Å². The van der Waals surface area contributed by atoms with Crippen molar-refractivity contribution in [3.8, 4) is 5.75 Å². The topological polar surface area (TPSA) is 69.4 Å². The molecule has 0 unspecified atom stereocenters. The quantitative estimate of drug-likeness (QED) is 0.909. The van der Waals surface area contributed by atoms with Crippen molar-refractivity contribution in [1.29, 1.82) is 0 Å². The van der Waals surface area contributed by atoms with E-state index in [9.17, 15) is 0 Å². The van der Waals surface area contributed by atoms with Gasteiger partial charge in [-0.2, -0.15) is 4.98 Å². The van der Waals surface area contributed by atoms with Crippen molar-refractivity contribution < 1.29 is 14.0 Å². The zero-order valence-corrected chi connectivity index (χ0v) is 13.0. The molecule has 0 amide bonds. The molecule has 2 aromatic rings. The Morgan fingerprint density at radius 3 is 2.55 bits per heavy atom. The van der Waals surface area contributed by atoms with Crippen molar-refractivity contribution >= 4 is 0 Å². The highest BCUT2D eigenvalue weighted by Gasteiger charge is 2.39. The third-order valence-corrected chi connectivity index (χ3v) is 4.18. The Balaban J connectivity index is 1.75. The molecular weight excluding hydrogens is 282 g/mol. The van der Waals surface area contributed by atoms with Crippen molar-refractivity contribution in [3.63, 3.8) is 0 Å². The van der Waals surface area contributed by atoms with Gasteiger partial charge >= 0.3 is 0 Å². The number of hydrogen-bond donors (Lipinski definition) is 1. The molecule has 6 heteroatoms. The highest BCUT2D eigenvalue weighted by molar-refractivity contribution is 5.28. The number of nitrogens with one attached hydrogen (secondary N) is 1. The number of aromatic nitrogens is 2. The minimum absolute atomic E-state index is 0.448. The van der Waals surface area contributed by atoms with Crippen molar-refractivity contribution in [1.82, 2.24) is 15.5 Å². The number of ether oxygens (including phenoxy) is 2. The minimum atomic E-state index is -0.448. The van der Waals surface area contributed by atoms with Crippen molar-refractivity contribution in [2.75, 3.05) is 27.3 Å². The largest absolute Gasteiger partial charge is 0.497 e. The molecule has 0 atom stereocenters. The first-order chi connectivity index (χ1) is 10.8. The Bertz CT molecular complexity index is 603. The van der Waals surface area contributed by atoms with Crippen LogP contribution >= 0.6 is 0 Å².